The van der Waals surface area contributed by atoms with Gasteiger partial charge in [0.2, 0.25) is 5.91 Å². The maximum absolute atomic E-state index is 12.2. The molecule has 1 atom stereocenters. The van der Waals surface area contributed by atoms with Gasteiger partial charge >= 0.3 is 0 Å². The first kappa shape index (κ1) is 13.1. The first-order chi connectivity index (χ1) is 8.58. The van der Waals surface area contributed by atoms with Gasteiger partial charge in [0, 0.05) is 12.3 Å². The first-order valence-electron chi connectivity index (χ1n) is 6.54. The molecule has 3 heteroatoms. The van der Waals surface area contributed by atoms with Crippen molar-refractivity contribution in [2.45, 2.75) is 33.6 Å². The molecular formula is C15H21NO2. The maximum atomic E-state index is 12.2. The molecule has 1 N–H and O–H groups in total. The van der Waals surface area contributed by atoms with Crippen molar-refractivity contribution in [1.82, 2.24) is 0 Å². The summed E-state index contributed by atoms with van der Waals surface area (Å²) in [7, 11) is 0. The van der Waals surface area contributed by atoms with Crippen LogP contribution in [0.4, 0.5) is 5.69 Å². The van der Waals surface area contributed by atoms with Crippen LogP contribution in [0.1, 0.15) is 29.5 Å². The van der Waals surface area contributed by atoms with Crippen molar-refractivity contribution in [3.8, 4) is 0 Å². The van der Waals surface area contributed by atoms with E-state index in [1.54, 1.807) is 0 Å². The third kappa shape index (κ3) is 2.91. The lowest BCUT2D eigenvalue weighted by Crippen LogP contribution is -2.30. The minimum atomic E-state index is -0.00106. The summed E-state index contributed by atoms with van der Waals surface area (Å²) in [5.74, 6) is 0.0867. The molecule has 3 nitrogen and oxygen atoms in total. The molecule has 1 aliphatic rings. The van der Waals surface area contributed by atoms with E-state index in [4.69, 9.17) is 4.74 Å². The summed E-state index contributed by atoms with van der Waals surface area (Å²) in [4.78, 5) is 12.2. The second-order valence-corrected chi connectivity index (χ2v) is 5.18. The first-order valence-corrected chi connectivity index (χ1v) is 6.54. The van der Waals surface area contributed by atoms with Crippen molar-refractivity contribution in [2.75, 3.05) is 18.5 Å². The number of amides is 1. The summed E-state index contributed by atoms with van der Waals surface area (Å²) in [6.07, 6.45) is 1.90. The van der Waals surface area contributed by atoms with Crippen molar-refractivity contribution in [2.24, 2.45) is 5.92 Å². The van der Waals surface area contributed by atoms with Gasteiger partial charge in [-0.15, -0.1) is 0 Å². The number of carbonyl (C=O) groups excluding carboxylic acids is 1. The number of nitrogens with one attached hydrogen (secondary N) is 1. The van der Waals surface area contributed by atoms with E-state index in [1.165, 1.54) is 5.56 Å². The minimum absolute atomic E-state index is 0.00106. The van der Waals surface area contributed by atoms with Crippen LogP contribution in [-0.2, 0) is 9.53 Å². The van der Waals surface area contributed by atoms with Gasteiger partial charge < -0.3 is 10.1 Å². The zero-order valence-corrected chi connectivity index (χ0v) is 11.4. The van der Waals surface area contributed by atoms with E-state index >= 15 is 0 Å². The highest BCUT2D eigenvalue weighted by Gasteiger charge is 2.22. The highest BCUT2D eigenvalue weighted by molar-refractivity contribution is 5.94. The molecule has 1 amide bonds. The molecule has 18 heavy (non-hydrogen) atoms. The van der Waals surface area contributed by atoms with Crippen molar-refractivity contribution in [1.29, 1.82) is 0 Å². The van der Waals surface area contributed by atoms with Gasteiger partial charge in [-0.3, -0.25) is 4.79 Å². The lowest BCUT2D eigenvalue weighted by atomic mass is 10.00. The van der Waals surface area contributed by atoms with Crippen LogP contribution in [0.5, 0.6) is 0 Å². The summed E-state index contributed by atoms with van der Waals surface area (Å²) >= 11 is 0. The van der Waals surface area contributed by atoms with Crippen LogP contribution < -0.4 is 5.32 Å². The van der Waals surface area contributed by atoms with Gasteiger partial charge in [-0.25, -0.2) is 0 Å². The minimum Gasteiger partial charge on any atom is -0.381 e. The summed E-state index contributed by atoms with van der Waals surface area (Å²) in [6.45, 7) is 7.47. The zero-order valence-electron chi connectivity index (χ0n) is 11.4. The van der Waals surface area contributed by atoms with Crippen LogP contribution in [-0.4, -0.2) is 19.1 Å². The number of rotatable bonds is 2. The molecule has 1 aliphatic heterocycles. The van der Waals surface area contributed by atoms with E-state index < -0.39 is 0 Å². The SMILES string of the molecule is Cc1cc(C)c(NC(=O)C2CCCOC2)c(C)c1. The molecule has 1 saturated heterocycles. The van der Waals surface area contributed by atoms with Crippen LogP contribution in [0, 0.1) is 26.7 Å². The van der Waals surface area contributed by atoms with Gasteiger partial charge in [0.25, 0.3) is 0 Å². The van der Waals surface area contributed by atoms with Crippen molar-refractivity contribution in [3.05, 3.63) is 28.8 Å². The van der Waals surface area contributed by atoms with Gasteiger partial charge in [-0.1, -0.05) is 17.7 Å². The predicted molar refractivity (Wildman–Crippen MR) is 72.8 cm³/mol. The Labute approximate surface area is 109 Å². The quantitative estimate of drug-likeness (QED) is 0.872. The monoisotopic (exact) mass is 247 g/mol. The molecule has 0 aliphatic carbocycles. The zero-order chi connectivity index (χ0) is 13.1. The number of carbonyl (C=O) groups is 1. The normalized spacial score (nSPS) is 19.6. The van der Waals surface area contributed by atoms with Crippen LogP contribution in [0.15, 0.2) is 12.1 Å². The van der Waals surface area contributed by atoms with Crippen molar-refractivity contribution in [3.63, 3.8) is 0 Å². The fourth-order valence-electron chi connectivity index (χ4n) is 2.55. The van der Waals surface area contributed by atoms with Gasteiger partial charge in [-0.2, -0.15) is 0 Å². The molecule has 98 valence electrons. The Kier molecular flexibility index (Phi) is 4.02. The summed E-state index contributed by atoms with van der Waals surface area (Å²) in [6, 6.07) is 4.19. The van der Waals surface area contributed by atoms with E-state index in [9.17, 15) is 4.79 Å². The Morgan fingerprint density at radius 2 is 1.94 bits per heavy atom. The fourth-order valence-corrected chi connectivity index (χ4v) is 2.55. The van der Waals surface area contributed by atoms with Gasteiger partial charge in [-0.05, 0) is 44.7 Å². The smallest absolute Gasteiger partial charge is 0.229 e. The molecule has 1 fully saturated rings. The number of hydrogen-bond acceptors (Lipinski definition) is 2. The molecule has 0 radical (unpaired) electrons. The largest absolute Gasteiger partial charge is 0.381 e. The van der Waals surface area contributed by atoms with E-state index in [0.717, 1.165) is 36.3 Å². The van der Waals surface area contributed by atoms with E-state index in [1.807, 2.05) is 13.8 Å². The molecular weight excluding hydrogens is 226 g/mol. The summed E-state index contributed by atoms with van der Waals surface area (Å²) in [5, 5.41) is 3.06. The fraction of sp³-hybridized carbons (Fsp3) is 0.533. The Hall–Kier alpha value is -1.35. The number of ether oxygens (including phenoxy) is 1. The topological polar surface area (TPSA) is 38.3 Å². The Balaban J connectivity index is 2.11. The molecule has 1 heterocycles. The highest BCUT2D eigenvalue weighted by Crippen LogP contribution is 2.24. The van der Waals surface area contributed by atoms with Crippen molar-refractivity contribution >= 4 is 11.6 Å². The van der Waals surface area contributed by atoms with Crippen LogP contribution in [0.2, 0.25) is 0 Å². The van der Waals surface area contributed by atoms with E-state index in [0.29, 0.717) is 6.61 Å². The summed E-state index contributed by atoms with van der Waals surface area (Å²) < 4.78 is 5.36. The second kappa shape index (κ2) is 5.53. The standard InChI is InChI=1S/C15H21NO2/c1-10-7-11(2)14(12(3)8-10)16-15(17)13-5-4-6-18-9-13/h7-8,13H,4-6,9H2,1-3H3,(H,16,17). The van der Waals surface area contributed by atoms with Crippen LogP contribution >= 0.6 is 0 Å². The molecule has 1 aromatic carbocycles. The highest BCUT2D eigenvalue weighted by atomic mass is 16.5. The Morgan fingerprint density at radius 1 is 1.28 bits per heavy atom. The van der Waals surface area contributed by atoms with Crippen molar-refractivity contribution < 1.29 is 9.53 Å². The molecule has 0 saturated carbocycles. The number of benzene rings is 1. The third-order valence-electron chi connectivity index (χ3n) is 3.46. The number of aryl methyl sites for hydroxylation is 3. The molecule has 0 spiro atoms. The van der Waals surface area contributed by atoms with Gasteiger partial charge in [0.05, 0.1) is 12.5 Å². The average Bonchev–Trinajstić information content (AvgIpc) is 2.34. The number of hydrogen-bond donors (Lipinski definition) is 1. The van der Waals surface area contributed by atoms with E-state index in [2.05, 4.69) is 24.4 Å². The molecule has 0 bridgehead atoms. The Bertz CT molecular complexity index is 425. The second-order valence-electron chi connectivity index (χ2n) is 5.18. The Morgan fingerprint density at radius 3 is 2.50 bits per heavy atom. The lowest BCUT2D eigenvalue weighted by Gasteiger charge is -2.22. The molecule has 0 aromatic heterocycles. The van der Waals surface area contributed by atoms with E-state index in [-0.39, 0.29) is 11.8 Å². The van der Waals surface area contributed by atoms with Gasteiger partial charge in [0.1, 0.15) is 0 Å². The molecule has 1 unspecified atom stereocenters. The maximum Gasteiger partial charge on any atom is 0.229 e. The van der Waals surface area contributed by atoms with Crippen LogP contribution in [0.3, 0.4) is 0 Å². The third-order valence-corrected chi connectivity index (χ3v) is 3.46. The average molecular weight is 247 g/mol. The summed E-state index contributed by atoms with van der Waals surface area (Å²) in [5.41, 5.74) is 4.43. The predicted octanol–water partition coefficient (Wildman–Crippen LogP) is 2.98. The molecule has 2 rings (SSSR count). The van der Waals surface area contributed by atoms with Crippen LogP contribution in [0.25, 0.3) is 0 Å². The molecule has 1 aromatic rings. The number of anilines is 1. The lowest BCUT2D eigenvalue weighted by molar-refractivity contribution is -0.123. The van der Waals surface area contributed by atoms with Gasteiger partial charge in [0.15, 0.2) is 0 Å².